The van der Waals surface area contributed by atoms with E-state index in [1.807, 2.05) is 0 Å². The predicted molar refractivity (Wildman–Crippen MR) is 82.1 cm³/mol. The second kappa shape index (κ2) is 8.32. The highest BCUT2D eigenvalue weighted by Crippen LogP contribution is 2.32. The molecular weight excluding hydrogens is 252 g/mol. The van der Waals surface area contributed by atoms with Gasteiger partial charge in [-0.25, -0.2) is 0 Å². The molecule has 1 atom stereocenters. The maximum atomic E-state index is 5.96. The Balaban J connectivity index is 1.85. The van der Waals surface area contributed by atoms with Crippen LogP contribution in [0.2, 0.25) is 0 Å². The van der Waals surface area contributed by atoms with Gasteiger partial charge in [0.1, 0.15) is 0 Å². The van der Waals surface area contributed by atoms with E-state index in [-0.39, 0.29) is 0 Å². The molecule has 2 heterocycles. The zero-order valence-electron chi connectivity index (χ0n) is 13.3. The fourth-order valence-corrected chi connectivity index (χ4v) is 3.62. The van der Waals surface area contributed by atoms with E-state index in [0.29, 0.717) is 11.5 Å². The van der Waals surface area contributed by atoms with Crippen LogP contribution in [0.4, 0.5) is 0 Å². The van der Waals surface area contributed by atoms with Crippen LogP contribution in [0.1, 0.15) is 39.0 Å². The zero-order valence-corrected chi connectivity index (χ0v) is 13.3. The topological polar surface area (TPSA) is 33.7 Å². The standard InChI is InChI=1S/C16H32N2O2/c1-3-9-20-15-5-4-8-18(12-15)14-16(13-17-2)6-10-19-11-7-16/h15,17H,3-14H2,1-2H3. The largest absolute Gasteiger partial charge is 0.381 e. The summed E-state index contributed by atoms with van der Waals surface area (Å²) < 4.78 is 11.5. The first-order chi connectivity index (χ1) is 9.78. The zero-order chi connectivity index (χ0) is 14.3. The van der Waals surface area contributed by atoms with E-state index in [9.17, 15) is 0 Å². The first-order valence-corrected chi connectivity index (χ1v) is 8.34. The van der Waals surface area contributed by atoms with Gasteiger partial charge in [0, 0.05) is 39.5 Å². The third kappa shape index (κ3) is 4.69. The molecular formula is C16H32N2O2. The summed E-state index contributed by atoms with van der Waals surface area (Å²) in [5, 5.41) is 3.40. The smallest absolute Gasteiger partial charge is 0.0702 e. The summed E-state index contributed by atoms with van der Waals surface area (Å²) >= 11 is 0. The van der Waals surface area contributed by atoms with Crippen LogP contribution in [0.15, 0.2) is 0 Å². The van der Waals surface area contributed by atoms with E-state index in [0.717, 1.165) is 39.3 Å². The van der Waals surface area contributed by atoms with E-state index >= 15 is 0 Å². The van der Waals surface area contributed by atoms with Crippen LogP contribution >= 0.6 is 0 Å². The van der Waals surface area contributed by atoms with Gasteiger partial charge in [-0.2, -0.15) is 0 Å². The first kappa shape index (κ1) is 16.2. The SMILES string of the molecule is CCCOC1CCCN(CC2(CNC)CCOCC2)C1. The van der Waals surface area contributed by atoms with Gasteiger partial charge in [-0.1, -0.05) is 6.92 Å². The minimum Gasteiger partial charge on any atom is -0.381 e. The lowest BCUT2D eigenvalue weighted by molar-refractivity contribution is -0.0367. The number of hydrogen-bond donors (Lipinski definition) is 1. The molecule has 2 aliphatic heterocycles. The van der Waals surface area contributed by atoms with Crippen molar-refractivity contribution in [3.63, 3.8) is 0 Å². The number of nitrogens with zero attached hydrogens (tertiary/aromatic N) is 1. The second-order valence-corrected chi connectivity index (χ2v) is 6.51. The van der Waals surface area contributed by atoms with Gasteiger partial charge >= 0.3 is 0 Å². The van der Waals surface area contributed by atoms with Gasteiger partial charge in [0.25, 0.3) is 0 Å². The molecule has 4 nitrogen and oxygen atoms in total. The van der Waals surface area contributed by atoms with Crippen LogP contribution in [0, 0.1) is 5.41 Å². The summed E-state index contributed by atoms with van der Waals surface area (Å²) in [6.45, 7) is 9.59. The van der Waals surface area contributed by atoms with Crippen LogP contribution < -0.4 is 5.32 Å². The van der Waals surface area contributed by atoms with Crippen LogP contribution in [0.25, 0.3) is 0 Å². The molecule has 2 saturated heterocycles. The lowest BCUT2D eigenvalue weighted by atomic mass is 9.79. The molecule has 1 unspecified atom stereocenters. The molecule has 118 valence electrons. The van der Waals surface area contributed by atoms with Crippen molar-refractivity contribution in [2.45, 2.75) is 45.1 Å². The molecule has 0 aliphatic carbocycles. The highest BCUT2D eigenvalue weighted by Gasteiger charge is 2.35. The van der Waals surface area contributed by atoms with Crippen molar-refractivity contribution in [2.24, 2.45) is 5.41 Å². The normalized spacial score (nSPS) is 27.6. The fourth-order valence-electron chi connectivity index (χ4n) is 3.62. The number of piperidine rings is 1. The van der Waals surface area contributed by atoms with Crippen molar-refractivity contribution < 1.29 is 9.47 Å². The van der Waals surface area contributed by atoms with Crippen LogP contribution in [-0.4, -0.2) is 64.1 Å². The number of ether oxygens (including phenoxy) is 2. The Morgan fingerprint density at radius 2 is 2.15 bits per heavy atom. The lowest BCUT2D eigenvalue weighted by Gasteiger charge is -2.43. The molecule has 2 aliphatic rings. The molecule has 0 saturated carbocycles. The molecule has 0 amide bonds. The average Bonchev–Trinajstić information content (AvgIpc) is 2.46. The van der Waals surface area contributed by atoms with Crippen molar-refractivity contribution in [3.8, 4) is 0 Å². The Hall–Kier alpha value is -0.160. The van der Waals surface area contributed by atoms with E-state index in [1.54, 1.807) is 0 Å². The predicted octanol–water partition coefficient (Wildman–Crippen LogP) is 1.89. The van der Waals surface area contributed by atoms with E-state index in [1.165, 1.54) is 38.8 Å². The lowest BCUT2D eigenvalue weighted by Crippen LogP contribution is -2.50. The Morgan fingerprint density at radius 3 is 2.85 bits per heavy atom. The average molecular weight is 284 g/mol. The van der Waals surface area contributed by atoms with Crippen molar-refractivity contribution in [2.75, 3.05) is 53.0 Å². The number of hydrogen-bond acceptors (Lipinski definition) is 4. The fraction of sp³-hybridized carbons (Fsp3) is 1.00. The summed E-state index contributed by atoms with van der Waals surface area (Å²) in [5.41, 5.74) is 0.402. The number of likely N-dealkylation sites (tertiary alicyclic amines) is 1. The van der Waals surface area contributed by atoms with Gasteiger partial charge in [0.2, 0.25) is 0 Å². The van der Waals surface area contributed by atoms with Gasteiger partial charge in [0.05, 0.1) is 6.10 Å². The van der Waals surface area contributed by atoms with E-state index in [2.05, 4.69) is 24.2 Å². The third-order valence-electron chi connectivity index (χ3n) is 4.68. The van der Waals surface area contributed by atoms with Gasteiger partial charge in [0.15, 0.2) is 0 Å². The second-order valence-electron chi connectivity index (χ2n) is 6.51. The first-order valence-electron chi connectivity index (χ1n) is 8.34. The summed E-state index contributed by atoms with van der Waals surface area (Å²) in [6, 6.07) is 0. The molecule has 1 N–H and O–H groups in total. The van der Waals surface area contributed by atoms with Crippen molar-refractivity contribution in [1.29, 1.82) is 0 Å². The van der Waals surface area contributed by atoms with Crippen molar-refractivity contribution in [1.82, 2.24) is 10.2 Å². The van der Waals surface area contributed by atoms with Crippen LogP contribution in [0.5, 0.6) is 0 Å². The monoisotopic (exact) mass is 284 g/mol. The summed E-state index contributed by atoms with van der Waals surface area (Å²) in [4.78, 5) is 2.63. The highest BCUT2D eigenvalue weighted by molar-refractivity contribution is 4.88. The molecule has 0 radical (unpaired) electrons. The highest BCUT2D eigenvalue weighted by atomic mass is 16.5. The van der Waals surface area contributed by atoms with Gasteiger partial charge in [-0.15, -0.1) is 0 Å². The summed E-state index contributed by atoms with van der Waals surface area (Å²) in [5.74, 6) is 0. The molecule has 0 aromatic rings. The molecule has 0 spiro atoms. The van der Waals surface area contributed by atoms with Gasteiger partial charge in [-0.3, -0.25) is 0 Å². The third-order valence-corrected chi connectivity index (χ3v) is 4.68. The van der Waals surface area contributed by atoms with Crippen molar-refractivity contribution >= 4 is 0 Å². The van der Waals surface area contributed by atoms with E-state index < -0.39 is 0 Å². The van der Waals surface area contributed by atoms with Gasteiger partial charge in [-0.05, 0) is 51.1 Å². The molecule has 0 aromatic heterocycles. The maximum Gasteiger partial charge on any atom is 0.0702 e. The minimum atomic E-state index is 0.402. The Morgan fingerprint density at radius 1 is 1.35 bits per heavy atom. The molecule has 0 aromatic carbocycles. The Bertz CT molecular complexity index is 262. The molecule has 2 fully saturated rings. The van der Waals surface area contributed by atoms with Crippen LogP contribution in [0.3, 0.4) is 0 Å². The molecule has 0 bridgehead atoms. The molecule has 4 heteroatoms. The minimum absolute atomic E-state index is 0.402. The number of nitrogens with one attached hydrogen (secondary N) is 1. The number of rotatable bonds is 7. The van der Waals surface area contributed by atoms with Crippen LogP contribution in [-0.2, 0) is 9.47 Å². The van der Waals surface area contributed by atoms with Gasteiger partial charge < -0.3 is 19.7 Å². The summed E-state index contributed by atoms with van der Waals surface area (Å²) in [6.07, 6.45) is 6.46. The maximum absolute atomic E-state index is 5.96. The Kier molecular flexibility index (Phi) is 6.75. The summed E-state index contributed by atoms with van der Waals surface area (Å²) in [7, 11) is 2.07. The molecule has 20 heavy (non-hydrogen) atoms. The quantitative estimate of drug-likeness (QED) is 0.774. The Labute approximate surface area is 124 Å². The van der Waals surface area contributed by atoms with E-state index in [4.69, 9.17) is 9.47 Å². The molecule has 2 rings (SSSR count). The van der Waals surface area contributed by atoms with Crippen molar-refractivity contribution in [3.05, 3.63) is 0 Å².